The summed E-state index contributed by atoms with van der Waals surface area (Å²) in [5, 5.41) is 10.1. The molecule has 5 atom stereocenters. The van der Waals surface area contributed by atoms with Crippen molar-refractivity contribution in [2.75, 3.05) is 6.61 Å². The van der Waals surface area contributed by atoms with Gasteiger partial charge in [-0.3, -0.25) is 0 Å². The van der Waals surface area contributed by atoms with E-state index in [0.717, 1.165) is 0 Å². The van der Waals surface area contributed by atoms with Crippen molar-refractivity contribution in [3.8, 4) is 0 Å². The van der Waals surface area contributed by atoms with E-state index in [1.165, 1.54) is 0 Å². The highest BCUT2D eigenvalue weighted by Crippen LogP contribution is 2.34. The van der Waals surface area contributed by atoms with Gasteiger partial charge in [-0.1, -0.05) is 6.92 Å². The van der Waals surface area contributed by atoms with Gasteiger partial charge in [0.25, 0.3) is 0 Å². The summed E-state index contributed by atoms with van der Waals surface area (Å²) < 4.78 is 17.0. The Bertz CT molecular complexity index is 239. The maximum absolute atomic E-state index is 10.1. The van der Waals surface area contributed by atoms with E-state index in [-0.39, 0.29) is 24.2 Å². The number of hydrogen-bond donors (Lipinski definition) is 1. The van der Waals surface area contributed by atoms with Gasteiger partial charge in [0.05, 0.1) is 18.8 Å². The number of fused-ring (bicyclic) bond motifs is 1. The van der Waals surface area contributed by atoms with Gasteiger partial charge in [-0.2, -0.15) is 0 Å². The van der Waals surface area contributed by atoms with E-state index in [1.54, 1.807) is 0 Å². The highest BCUT2D eigenvalue weighted by atomic mass is 16.7. The summed E-state index contributed by atoms with van der Waals surface area (Å²) >= 11 is 0. The van der Waals surface area contributed by atoms with Crippen LogP contribution in [0.15, 0.2) is 0 Å². The van der Waals surface area contributed by atoms with Gasteiger partial charge in [-0.25, -0.2) is 0 Å². The lowest BCUT2D eigenvalue weighted by Crippen LogP contribution is -2.61. The van der Waals surface area contributed by atoms with Crippen LogP contribution in [0.3, 0.4) is 0 Å². The molecule has 2 unspecified atom stereocenters. The average molecular weight is 216 g/mol. The van der Waals surface area contributed by atoms with Crippen LogP contribution in [0.2, 0.25) is 0 Å². The molecule has 0 aromatic heterocycles. The van der Waals surface area contributed by atoms with Crippen molar-refractivity contribution in [3.63, 3.8) is 0 Å². The van der Waals surface area contributed by atoms with Gasteiger partial charge in [0, 0.05) is 5.92 Å². The molecule has 0 amide bonds. The molecule has 0 aromatic rings. The minimum Gasteiger partial charge on any atom is -0.390 e. The SMILES string of the molecule is CC1[C@H](C)OC2COC(C)(C)O[C@@H]2[C@@H]1O. The van der Waals surface area contributed by atoms with E-state index in [1.807, 2.05) is 27.7 Å². The fourth-order valence-corrected chi connectivity index (χ4v) is 2.20. The first-order chi connectivity index (χ1) is 6.91. The summed E-state index contributed by atoms with van der Waals surface area (Å²) in [6, 6.07) is 0. The second-order valence-corrected chi connectivity index (χ2v) is 5.02. The Morgan fingerprint density at radius 1 is 1.27 bits per heavy atom. The first-order valence-corrected chi connectivity index (χ1v) is 5.56. The second kappa shape index (κ2) is 3.70. The van der Waals surface area contributed by atoms with Gasteiger partial charge < -0.3 is 19.3 Å². The minimum atomic E-state index is -0.619. The second-order valence-electron chi connectivity index (χ2n) is 5.02. The monoisotopic (exact) mass is 216 g/mol. The molecule has 0 spiro atoms. The Morgan fingerprint density at radius 3 is 2.60 bits per heavy atom. The lowest BCUT2D eigenvalue weighted by Gasteiger charge is -2.49. The Labute approximate surface area is 90.5 Å². The van der Waals surface area contributed by atoms with Crippen molar-refractivity contribution in [1.29, 1.82) is 0 Å². The van der Waals surface area contributed by atoms with Gasteiger partial charge in [0.15, 0.2) is 5.79 Å². The smallest absolute Gasteiger partial charge is 0.163 e. The van der Waals surface area contributed by atoms with Gasteiger partial charge >= 0.3 is 0 Å². The topological polar surface area (TPSA) is 47.9 Å². The summed E-state index contributed by atoms with van der Waals surface area (Å²) in [6.45, 7) is 8.17. The summed E-state index contributed by atoms with van der Waals surface area (Å²) in [4.78, 5) is 0. The van der Waals surface area contributed by atoms with Crippen LogP contribution in [0.4, 0.5) is 0 Å². The van der Waals surface area contributed by atoms with Gasteiger partial charge in [-0.15, -0.1) is 0 Å². The quantitative estimate of drug-likeness (QED) is 0.654. The third-order valence-corrected chi connectivity index (χ3v) is 3.39. The Kier molecular flexibility index (Phi) is 2.79. The zero-order valence-electron chi connectivity index (χ0n) is 9.77. The first kappa shape index (κ1) is 11.3. The lowest BCUT2D eigenvalue weighted by atomic mass is 9.88. The number of aliphatic hydroxyl groups excluding tert-OH is 1. The van der Waals surface area contributed by atoms with Crippen LogP contribution in [-0.2, 0) is 14.2 Å². The minimum absolute atomic E-state index is 0.0506. The van der Waals surface area contributed by atoms with E-state index in [2.05, 4.69) is 0 Å². The highest BCUT2D eigenvalue weighted by molar-refractivity contribution is 4.92. The molecule has 0 saturated carbocycles. The molecule has 0 radical (unpaired) electrons. The molecule has 88 valence electrons. The number of aliphatic hydroxyl groups is 1. The van der Waals surface area contributed by atoms with Crippen molar-refractivity contribution in [2.45, 2.75) is 57.9 Å². The third kappa shape index (κ3) is 2.04. The summed E-state index contributed by atoms with van der Waals surface area (Å²) in [5.41, 5.74) is 0. The molecule has 0 bridgehead atoms. The van der Waals surface area contributed by atoms with Crippen LogP contribution >= 0.6 is 0 Å². The molecule has 1 N–H and O–H groups in total. The zero-order valence-corrected chi connectivity index (χ0v) is 9.77. The summed E-state index contributed by atoms with van der Waals surface area (Å²) in [7, 11) is 0. The molecule has 4 nitrogen and oxygen atoms in total. The maximum atomic E-state index is 10.1. The number of hydrogen-bond acceptors (Lipinski definition) is 4. The van der Waals surface area contributed by atoms with E-state index >= 15 is 0 Å². The normalized spacial score (nSPS) is 49.8. The van der Waals surface area contributed by atoms with E-state index < -0.39 is 11.9 Å². The predicted molar refractivity (Wildman–Crippen MR) is 54.4 cm³/mol. The molecule has 4 heteroatoms. The predicted octanol–water partition coefficient (Wildman–Crippen LogP) is 0.922. The van der Waals surface area contributed by atoms with Gasteiger partial charge in [0.2, 0.25) is 0 Å². The molecular formula is C11H20O4. The fourth-order valence-electron chi connectivity index (χ4n) is 2.20. The molecule has 2 rings (SSSR count). The van der Waals surface area contributed by atoms with Crippen molar-refractivity contribution in [1.82, 2.24) is 0 Å². The Hall–Kier alpha value is -0.160. The molecule has 0 aromatic carbocycles. The Balaban J connectivity index is 2.12. The zero-order chi connectivity index (χ0) is 11.2. The number of ether oxygens (including phenoxy) is 3. The van der Waals surface area contributed by atoms with Crippen LogP contribution in [-0.4, -0.2) is 41.9 Å². The standard InChI is InChI=1S/C11H20O4/c1-6-7(2)14-8-5-13-11(3,4)15-10(8)9(6)12/h6-10,12H,5H2,1-4H3/t6?,7-,8?,9+,10-/m0/s1. The van der Waals surface area contributed by atoms with Crippen LogP contribution in [0.25, 0.3) is 0 Å². The first-order valence-electron chi connectivity index (χ1n) is 5.56. The molecule has 2 aliphatic heterocycles. The molecule has 2 fully saturated rings. The molecule has 2 heterocycles. The molecule has 2 saturated heterocycles. The molecule has 2 aliphatic rings. The summed E-state index contributed by atoms with van der Waals surface area (Å²) in [5.74, 6) is -0.522. The third-order valence-electron chi connectivity index (χ3n) is 3.39. The Morgan fingerprint density at radius 2 is 1.93 bits per heavy atom. The fraction of sp³-hybridized carbons (Fsp3) is 1.00. The van der Waals surface area contributed by atoms with Crippen molar-refractivity contribution < 1.29 is 19.3 Å². The van der Waals surface area contributed by atoms with Crippen molar-refractivity contribution in [3.05, 3.63) is 0 Å². The van der Waals surface area contributed by atoms with Crippen molar-refractivity contribution >= 4 is 0 Å². The van der Waals surface area contributed by atoms with Crippen LogP contribution < -0.4 is 0 Å². The van der Waals surface area contributed by atoms with Gasteiger partial charge in [-0.05, 0) is 20.8 Å². The largest absolute Gasteiger partial charge is 0.390 e. The van der Waals surface area contributed by atoms with Gasteiger partial charge in [0.1, 0.15) is 12.2 Å². The lowest BCUT2D eigenvalue weighted by molar-refractivity contribution is -0.350. The van der Waals surface area contributed by atoms with E-state index in [9.17, 15) is 5.11 Å². The highest BCUT2D eigenvalue weighted by Gasteiger charge is 2.47. The van der Waals surface area contributed by atoms with E-state index in [4.69, 9.17) is 14.2 Å². The van der Waals surface area contributed by atoms with E-state index in [0.29, 0.717) is 6.61 Å². The molecular weight excluding hydrogens is 196 g/mol. The van der Waals surface area contributed by atoms with Crippen LogP contribution in [0.5, 0.6) is 0 Å². The summed E-state index contributed by atoms with van der Waals surface area (Å²) in [6.07, 6.45) is -0.823. The molecule has 15 heavy (non-hydrogen) atoms. The number of rotatable bonds is 0. The van der Waals surface area contributed by atoms with Crippen LogP contribution in [0, 0.1) is 5.92 Å². The average Bonchev–Trinajstić information content (AvgIpc) is 2.16. The molecule has 0 aliphatic carbocycles. The van der Waals surface area contributed by atoms with Crippen LogP contribution in [0.1, 0.15) is 27.7 Å². The maximum Gasteiger partial charge on any atom is 0.163 e. The van der Waals surface area contributed by atoms with Crippen molar-refractivity contribution in [2.24, 2.45) is 5.92 Å².